The molecule has 0 aliphatic carbocycles. The van der Waals surface area contributed by atoms with E-state index in [1.165, 1.54) is 0 Å². The van der Waals surface area contributed by atoms with Crippen LogP contribution in [0.2, 0.25) is 0 Å². The topological polar surface area (TPSA) is 178 Å². The second-order valence-corrected chi connectivity index (χ2v) is 3.23. The van der Waals surface area contributed by atoms with E-state index < -0.39 is 28.3 Å². The Morgan fingerprint density at radius 2 is 1.08 bits per heavy atom. The molecule has 0 heterocycles. The van der Waals surface area contributed by atoms with Crippen molar-refractivity contribution < 1.29 is 76.4 Å². The Morgan fingerprint density at radius 1 is 0.840 bits per heavy atom. The molecule has 0 amide bonds. The van der Waals surface area contributed by atoms with Gasteiger partial charge in [-0.15, -0.1) is 26.3 Å². The number of aliphatic carboxylic acids is 3. The maximum atomic E-state index is 9.55. The summed E-state index contributed by atoms with van der Waals surface area (Å²) in [6.45, 7) is 17.8. The fraction of sp³-hybridized carbons (Fsp3) is 0. The first-order chi connectivity index (χ1) is 11.0. The third kappa shape index (κ3) is 110. The quantitative estimate of drug-likeness (QED) is 0.121. The summed E-state index contributed by atoms with van der Waals surface area (Å²) in [5.74, 6) is -3.50. The van der Waals surface area contributed by atoms with Gasteiger partial charge in [0.2, 0.25) is 0 Å². The first-order valence-electron chi connectivity index (χ1n) is 5.20. The van der Waals surface area contributed by atoms with Crippen LogP contribution in [0.4, 0.5) is 0 Å². The predicted molar refractivity (Wildman–Crippen MR) is 85.7 cm³/mol. The Hall–Kier alpha value is -2.18. The monoisotopic (exact) mass is 390 g/mol. The van der Waals surface area contributed by atoms with Crippen LogP contribution < -0.4 is 29.6 Å². The number of rotatable bonds is 5. The van der Waals surface area contributed by atoms with E-state index in [2.05, 4.69) is 43.7 Å². The molecule has 0 aromatic heterocycles. The van der Waals surface area contributed by atoms with Gasteiger partial charge in [-0.25, -0.2) is 22.8 Å². The molecule has 0 saturated heterocycles. The number of hydrogen-bond acceptors (Lipinski definition) is 7. The summed E-state index contributed by atoms with van der Waals surface area (Å²) < 4.78 is 31.6. The fourth-order valence-corrected chi connectivity index (χ4v) is 0.393. The van der Waals surface area contributed by atoms with Gasteiger partial charge in [0.25, 0.3) is 10.4 Å². The van der Waals surface area contributed by atoms with E-state index in [0.717, 1.165) is 6.08 Å². The van der Waals surface area contributed by atoms with Gasteiger partial charge in [-0.1, -0.05) is 13.2 Å². The summed E-state index contributed by atoms with van der Waals surface area (Å²) in [7, 11) is -4.54. The minimum Gasteiger partial charge on any atom is -0.716 e. The summed E-state index contributed by atoms with van der Waals surface area (Å²) in [5, 5.41) is 23.2. The molecule has 12 heteroatoms. The Balaban J connectivity index is -0.0000000490. The first kappa shape index (κ1) is 38.4. The summed E-state index contributed by atoms with van der Waals surface area (Å²) in [5.41, 5.74) is 0. The number of hydrogen-bond donors (Lipinski definition) is 3. The third-order valence-corrected chi connectivity index (χ3v) is 1.10. The maximum Gasteiger partial charge on any atom is 1.00 e. The van der Waals surface area contributed by atoms with Gasteiger partial charge in [0.1, 0.15) is 0 Å². The van der Waals surface area contributed by atoms with Crippen molar-refractivity contribution in [2.45, 2.75) is 0 Å². The Morgan fingerprint density at radius 3 is 1.12 bits per heavy atom. The van der Waals surface area contributed by atoms with Gasteiger partial charge in [0.15, 0.2) is 0 Å². The van der Waals surface area contributed by atoms with Crippen LogP contribution in [0.1, 0.15) is 0 Å². The van der Waals surface area contributed by atoms with Crippen molar-refractivity contribution in [2.75, 3.05) is 0 Å². The molecule has 0 aliphatic heterocycles. The van der Waals surface area contributed by atoms with Crippen LogP contribution in [-0.2, 0) is 29.0 Å². The first-order valence-corrected chi connectivity index (χ1v) is 6.53. The maximum absolute atomic E-state index is 9.55. The normalized spacial score (nSPS) is 7.56. The van der Waals surface area contributed by atoms with E-state index >= 15 is 0 Å². The number of carboxylic acid groups (broad SMARTS) is 3. The largest absolute Gasteiger partial charge is 1.00 e. The van der Waals surface area contributed by atoms with Crippen molar-refractivity contribution in [1.82, 2.24) is 0 Å². The molecule has 0 rings (SSSR count). The summed E-state index contributed by atoms with van der Waals surface area (Å²) in [4.78, 5) is 28.4. The van der Waals surface area contributed by atoms with Gasteiger partial charge in [-0.05, 0) is 0 Å². The molecule has 138 valence electrons. The smallest absolute Gasteiger partial charge is 0.716 e. The van der Waals surface area contributed by atoms with E-state index in [1.54, 1.807) is 0 Å². The molecule has 0 aliphatic rings. The molecule has 0 bridgehead atoms. The molecular formula is C13H19NaO10S. The van der Waals surface area contributed by atoms with Gasteiger partial charge >= 0.3 is 47.5 Å². The third-order valence-electron chi connectivity index (χ3n) is 0.729. The average molecular weight is 390 g/mol. The molecule has 10 nitrogen and oxygen atoms in total. The van der Waals surface area contributed by atoms with Gasteiger partial charge < -0.3 is 24.1 Å². The molecule has 0 unspecified atom stereocenters. The van der Waals surface area contributed by atoms with Crippen LogP contribution in [0.3, 0.4) is 0 Å². The number of carbonyl (C=O) groups is 3. The molecule has 0 aromatic carbocycles. The van der Waals surface area contributed by atoms with Crippen LogP contribution in [-0.4, -0.2) is 46.2 Å². The van der Waals surface area contributed by atoms with Gasteiger partial charge in [-0.2, -0.15) is 0 Å². The minimum atomic E-state index is -4.54. The van der Waals surface area contributed by atoms with Gasteiger partial charge in [-0.3, -0.25) is 0 Å². The van der Waals surface area contributed by atoms with Crippen molar-refractivity contribution in [3.63, 3.8) is 0 Å². The van der Waals surface area contributed by atoms with Crippen molar-refractivity contribution in [2.24, 2.45) is 0 Å². The zero-order valence-corrected chi connectivity index (χ0v) is 16.5. The minimum absolute atomic E-state index is 0. The van der Waals surface area contributed by atoms with E-state index in [-0.39, 0.29) is 29.6 Å². The SMILES string of the molecule is C=C.C=C.C=CC(=O)O.C=COS(=O)(=O)[O-].O=C(O)/C=C\C(=O)O.[Na+]. The van der Waals surface area contributed by atoms with Crippen LogP contribution in [0.5, 0.6) is 0 Å². The molecule has 0 saturated carbocycles. The van der Waals surface area contributed by atoms with Gasteiger partial charge in [0.05, 0.1) is 6.26 Å². The Bertz CT molecular complexity index is 493. The van der Waals surface area contributed by atoms with Crippen LogP contribution in [0, 0.1) is 0 Å². The molecule has 3 N–H and O–H groups in total. The standard InChI is InChI=1S/C4H4O4.C3H4O2.C2H4O4S.2C2H4.Na/c5-3(6)1-2-4(7)8;1-2-3(4)5;1-2-6-7(3,4)5;2*1-2;/h1-2H,(H,5,6)(H,7,8);2H,1H2,(H,4,5);2H,1H2,(H,3,4,5);2*1-2H2;/q;;;;;+1/p-1/b2-1-;;;;;. The van der Waals surface area contributed by atoms with Crippen LogP contribution in [0.15, 0.2) is 64.0 Å². The van der Waals surface area contributed by atoms with Crippen molar-refractivity contribution in [3.05, 3.63) is 64.0 Å². The average Bonchev–Trinajstić information content (AvgIpc) is 2.49. The predicted octanol–water partition coefficient (Wildman–Crippen LogP) is -1.82. The van der Waals surface area contributed by atoms with E-state index in [0.29, 0.717) is 18.4 Å². The zero-order chi connectivity index (χ0) is 20.8. The second kappa shape index (κ2) is 29.8. The molecule has 0 radical (unpaired) electrons. The van der Waals surface area contributed by atoms with E-state index in [4.69, 9.17) is 15.3 Å². The van der Waals surface area contributed by atoms with E-state index in [1.807, 2.05) is 0 Å². The summed E-state index contributed by atoms with van der Waals surface area (Å²) >= 11 is 0. The van der Waals surface area contributed by atoms with Crippen molar-refractivity contribution in [1.29, 1.82) is 0 Å². The Labute approximate surface area is 168 Å². The molecule has 0 fully saturated rings. The molecule has 25 heavy (non-hydrogen) atoms. The Kier molecular flexibility index (Phi) is 45.8. The second-order valence-electron chi connectivity index (χ2n) is 2.22. The molecule has 0 spiro atoms. The van der Waals surface area contributed by atoms with Gasteiger partial charge in [0, 0.05) is 18.2 Å². The van der Waals surface area contributed by atoms with Crippen molar-refractivity contribution >= 4 is 28.3 Å². The molecular weight excluding hydrogens is 371 g/mol. The zero-order valence-electron chi connectivity index (χ0n) is 13.7. The molecule has 0 aromatic rings. The summed E-state index contributed by atoms with van der Waals surface area (Å²) in [6.07, 6.45) is 2.51. The fourth-order valence-electron chi connectivity index (χ4n) is 0.226. The number of carboxylic acids is 3. The van der Waals surface area contributed by atoms with Crippen LogP contribution >= 0.6 is 0 Å². The molecule has 0 atom stereocenters. The van der Waals surface area contributed by atoms with Crippen molar-refractivity contribution in [3.8, 4) is 0 Å². The van der Waals surface area contributed by atoms with Crippen LogP contribution in [0.25, 0.3) is 0 Å². The summed E-state index contributed by atoms with van der Waals surface area (Å²) in [6, 6.07) is 0. The van der Waals surface area contributed by atoms with E-state index in [9.17, 15) is 27.4 Å².